The highest BCUT2D eigenvalue weighted by atomic mass is 35.5. The van der Waals surface area contributed by atoms with E-state index in [1.807, 2.05) is 4.90 Å². The van der Waals surface area contributed by atoms with Crippen LogP contribution in [0.2, 0.25) is 5.02 Å². The molecule has 0 saturated carbocycles. The molecular weight excluding hydrogens is 410 g/mol. The minimum Gasteiger partial charge on any atom is -0.387 e. The van der Waals surface area contributed by atoms with Crippen LogP contribution in [0.15, 0.2) is 12.1 Å². The number of aromatic nitrogens is 2. The molecule has 1 N–H and O–H groups in total. The summed E-state index contributed by atoms with van der Waals surface area (Å²) in [7, 11) is 0. The fourth-order valence-electron chi connectivity index (χ4n) is 3.38. The fourth-order valence-corrected chi connectivity index (χ4v) is 4.56. The molecule has 10 heteroatoms. The number of anilines is 1. The summed E-state index contributed by atoms with van der Waals surface area (Å²) in [6, 6.07) is 1.94. The molecule has 2 aromatic rings. The molecule has 1 aromatic carbocycles. The number of piperazine rings is 1. The maximum atomic E-state index is 14.4. The second-order valence-electron chi connectivity index (χ2n) is 6.56. The predicted octanol–water partition coefficient (Wildman–Crippen LogP) is 2.46. The van der Waals surface area contributed by atoms with E-state index in [1.54, 1.807) is 16.7 Å². The number of halogens is 3. The molecule has 148 valence electrons. The Morgan fingerprint density at radius 2 is 1.89 bits per heavy atom. The van der Waals surface area contributed by atoms with Crippen molar-refractivity contribution in [1.29, 1.82) is 0 Å². The van der Waals surface area contributed by atoms with Crippen molar-refractivity contribution in [3.63, 3.8) is 0 Å². The SMILES string of the molecule is O=C(CO)N1CCN(c2nc(-c3cc(F)c(Cl)cc3F)nc3c2CSC3)CC1. The monoisotopic (exact) mass is 426 g/mol. The number of carbonyl (C=O) groups excluding carboxylic acids is 1. The molecule has 1 saturated heterocycles. The first-order valence-electron chi connectivity index (χ1n) is 8.74. The van der Waals surface area contributed by atoms with E-state index in [1.165, 1.54) is 0 Å². The first-order chi connectivity index (χ1) is 13.5. The highest BCUT2D eigenvalue weighted by Crippen LogP contribution is 2.37. The molecule has 0 atom stereocenters. The Morgan fingerprint density at radius 3 is 2.61 bits per heavy atom. The molecule has 0 bridgehead atoms. The minimum absolute atomic E-state index is 0.0306. The molecule has 6 nitrogen and oxygen atoms in total. The van der Waals surface area contributed by atoms with Crippen molar-refractivity contribution in [1.82, 2.24) is 14.9 Å². The molecule has 1 aromatic heterocycles. The standard InChI is InChI=1S/C18H17ClF2N4O2S/c19-12-6-13(20)10(5-14(12)21)17-22-15-9-28-8-11(15)18(23-17)25-3-1-24(2-4-25)16(27)7-26/h5-6,26H,1-4,7-9H2. The third-order valence-corrected chi connectivity index (χ3v) is 6.13. The second kappa shape index (κ2) is 7.81. The average Bonchev–Trinajstić information content (AvgIpc) is 3.18. The highest BCUT2D eigenvalue weighted by Gasteiger charge is 2.28. The molecule has 1 fully saturated rings. The first kappa shape index (κ1) is 19.4. The lowest BCUT2D eigenvalue weighted by atomic mass is 10.1. The van der Waals surface area contributed by atoms with Crippen LogP contribution in [-0.4, -0.2) is 58.7 Å². The Balaban J connectivity index is 1.70. The van der Waals surface area contributed by atoms with Gasteiger partial charge in [-0.15, -0.1) is 0 Å². The van der Waals surface area contributed by atoms with Crippen LogP contribution in [0, 0.1) is 11.6 Å². The zero-order valence-corrected chi connectivity index (χ0v) is 16.4. The summed E-state index contributed by atoms with van der Waals surface area (Å²) in [6.07, 6.45) is 0. The van der Waals surface area contributed by atoms with Gasteiger partial charge in [-0.05, 0) is 12.1 Å². The Labute approximate surface area is 169 Å². The lowest BCUT2D eigenvalue weighted by molar-refractivity contribution is -0.134. The van der Waals surface area contributed by atoms with Gasteiger partial charge in [0.2, 0.25) is 5.91 Å². The third-order valence-electron chi connectivity index (χ3n) is 4.87. The van der Waals surface area contributed by atoms with Crippen molar-refractivity contribution in [3.8, 4) is 11.4 Å². The van der Waals surface area contributed by atoms with Gasteiger partial charge in [-0.2, -0.15) is 11.8 Å². The van der Waals surface area contributed by atoms with Gasteiger partial charge < -0.3 is 14.9 Å². The van der Waals surface area contributed by atoms with Gasteiger partial charge in [0.05, 0.1) is 16.3 Å². The van der Waals surface area contributed by atoms with Gasteiger partial charge >= 0.3 is 0 Å². The number of rotatable bonds is 3. The van der Waals surface area contributed by atoms with E-state index in [4.69, 9.17) is 16.7 Å². The lowest BCUT2D eigenvalue weighted by Crippen LogP contribution is -2.50. The van der Waals surface area contributed by atoms with Gasteiger partial charge in [0.15, 0.2) is 5.82 Å². The molecular formula is C18H17ClF2N4O2S. The number of carbonyl (C=O) groups is 1. The van der Waals surface area contributed by atoms with Crippen LogP contribution in [0.3, 0.4) is 0 Å². The summed E-state index contributed by atoms with van der Waals surface area (Å²) >= 11 is 7.34. The third kappa shape index (κ3) is 3.54. The van der Waals surface area contributed by atoms with Crippen LogP contribution in [0.25, 0.3) is 11.4 Å². The number of aliphatic hydroxyl groups excluding tert-OH is 1. The van der Waals surface area contributed by atoms with E-state index in [2.05, 4.69) is 9.97 Å². The fraction of sp³-hybridized carbons (Fsp3) is 0.389. The summed E-state index contributed by atoms with van der Waals surface area (Å²) in [6.45, 7) is 1.49. The molecule has 28 heavy (non-hydrogen) atoms. The van der Waals surface area contributed by atoms with Crippen molar-refractivity contribution in [3.05, 3.63) is 40.0 Å². The van der Waals surface area contributed by atoms with E-state index >= 15 is 0 Å². The van der Waals surface area contributed by atoms with Gasteiger partial charge in [-0.1, -0.05) is 11.6 Å². The Kier molecular flexibility index (Phi) is 5.39. The minimum atomic E-state index is -0.728. The zero-order chi connectivity index (χ0) is 19.8. The zero-order valence-electron chi connectivity index (χ0n) is 14.8. The number of aliphatic hydroxyl groups is 1. The maximum Gasteiger partial charge on any atom is 0.248 e. The number of benzene rings is 1. The van der Waals surface area contributed by atoms with Crippen molar-refractivity contribution >= 4 is 35.1 Å². The van der Waals surface area contributed by atoms with E-state index in [-0.39, 0.29) is 22.3 Å². The number of thioether (sulfide) groups is 1. The number of amides is 1. The summed E-state index contributed by atoms with van der Waals surface area (Å²) < 4.78 is 28.3. The van der Waals surface area contributed by atoms with E-state index < -0.39 is 18.2 Å². The van der Waals surface area contributed by atoms with Crippen LogP contribution in [-0.2, 0) is 16.3 Å². The number of hydrogen-bond donors (Lipinski definition) is 1. The summed E-state index contributed by atoms with van der Waals surface area (Å²) in [5.74, 6) is 0.531. The Morgan fingerprint density at radius 1 is 1.14 bits per heavy atom. The lowest BCUT2D eigenvalue weighted by Gasteiger charge is -2.36. The first-order valence-corrected chi connectivity index (χ1v) is 10.3. The number of nitrogens with zero attached hydrogens (tertiary/aromatic N) is 4. The van der Waals surface area contributed by atoms with Crippen LogP contribution >= 0.6 is 23.4 Å². The van der Waals surface area contributed by atoms with Crippen molar-refractivity contribution in [2.75, 3.05) is 37.7 Å². The molecule has 2 aliphatic heterocycles. The summed E-state index contributed by atoms with van der Waals surface area (Å²) in [5.41, 5.74) is 1.77. The predicted molar refractivity (Wildman–Crippen MR) is 103 cm³/mol. The van der Waals surface area contributed by atoms with E-state index in [0.29, 0.717) is 37.7 Å². The smallest absolute Gasteiger partial charge is 0.248 e. The molecule has 2 aliphatic rings. The second-order valence-corrected chi connectivity index (χ2v) is 7.95. The van der Waals surface area contributed by atoms with Gasteiger partial charge in [0, 0.05) is 43.2 Å². The van der Waals surface area contributed by atoms with Gasteiger partial charge in [-0.3, -0.25) is 4.79 Å². The van der Waals surface area contributed by atoms with Crippen molar-refractivity contribution < 1.29 is 18.7 Å². The summed E-state index contributed by atoms with van der Waals surface area (Å²) in [5, 5.41) is 8.73. The number of fused-ring (bicyclic) bond motifs is 1. The van der Waals surface area contributed by atoms with Gasteiger partial charge in [-0.25, -0.2) is 18.7 Å². The topological polar surface area (TPSA) is 69.6 Å². The van der Waals surface area contributed by atoms with Crippen LogP contribution in [0.5, 0.6) is 0 Å². The Bertz CT molecular complexity index is 938. The van der Waals surface area contributed by atoms with Gasteiger partial charge in [0.25, 0.3) is 0 Å². The van der Waals surface area contributed by atoms with Crippen LogP contribution in [0.4, 0.5) is 14.6 Å². The Hall–Kier alpha value is -1.97. The molecule has 4 rings (SSSR count). The number of hydrogen-bond acceptors (Lipinski definition) is 6. The van der Waals surface area contributed by atoms with Crippen LogP contribution in [0.1, 0.15) is 11.3 Å². The van der Waals surface area contributed by atoms with Crippen molar-refractivity contribution in [2.24, 2.45) is 0 Å². The molecule has 1 amide bonds. The largest absolute Gasteiger partial charge is 0.387 e. The van der Waals surface area contributed by atoms with E-state index in [9.17, 15) is 13.6 Å². The molecule has 0 radical (unpaired) electrons. The average molecular weight is 427 g/mol. The molecule has 0 aliphatic carbocycles. The summed E-state index contributed by atoms with van der Waals surface area (Å²) in [4.78, 5) is 24.3. The van der Waals surface area contributed by atoms with E-state index in [0.717, 1.165) is 29.1 Å². The molecule has 0 unspecified atom stereocenters. The maximum absolute atomic E-state index is 14.4. The molecule has 0 spiro atoms. The highest BCUT2D eigenvalue weighted by molar-refractivity contribution is 7.98. The van der Waals surface area contributed by atoms with Crippen molar-refractivity contribution in [2.45, 2.75) is 11.5 Å². The van der Waals surface area contributed by atoms with Crippen LogP contribution < -0.4 is 4.90 Å². The normalized spacial score (nSPS) is 16.4. The molecule has 3 heterocycles. The van der Waals surface area contributed by atoms with Gasteiger partial charge in [0.1, 0.15) is 24.1 Å². The quantitative estimate of drug-likeness (QED) is 0.760.